The van der Waals surface area contributed by atoms with Gasteiger partial charge in [0, 0.05) is 23.1 Å². The fourth-order valence-corrected chi connectivity index (χ4v) is 1.48. The molecule has 0 N–H and O–H groups in total. The van der Waals surface area contributed by atoms with Crippen LogP contribution in [0, 0.1) is 17.0 Å². The average molecular weight is 229 g/mol. The van der Waals surface area contributed by atoms with Gasteiger partial charge in [-0.1, -0.05) is 6.92 Å². The first-order valence-electron chi connectivity index (χ1n) is 4.68. The van der Waals surface area contributed by atoms with E-state index in [-0.39, 0.29) is 17.0 Å². The number of aryl methyl sites for hydroxylation is 1. The van der Waals surface area contributed by atoms with Gasteiger partial charge in [-0.25, -0.2) is 0 Å². The Bertz CT molecular complexity index is 380. The first kappa shape index (κ1) is 11.9. The molecule has 0 bridgehead atoms. The Kier molecular flexibility index (Phi) is 3.63. The third kappa shape index (κ3) is 2.65. The Morgan fingerprint density at radius 2 is 2.13 bits per heavy atom. The quantitative estimate of drug-likeness (QED) is 0.454. The van der Waals surface area contributed by atoms with E-state index in [1.54, 1.807) is 0 Å². The van der Waals surface area contributed by atoms with E-state index < -0.39 is 4.92 Å². The zero-order valence-electron chi connectivity index (χ0n) is 8.90. The number of hydrogen-bond acceptors (Lipinski definition) is 3. The monoisotopic (exact) mass is 228 g/mol. The summed E-state index contributed by atoms with van der Waals surface area (Å²) in [6, 6.07) is 1.53. The molecule has 0 radical (unpaired) electrons. The third-order valence-electron chi connectivity index (χ3n) is 2.44. The lowest BCUT2D eigenvalue weighted by Gasteiger charge is -2.14. The summed E-state index contributed by atoms with van der Waals surface area (Å²) in [5, 5.41) is 10.5. The van der Waals surface area contributed by atoms with Crippen molar-refractivity contribution < 1.29 is 4.92 Å². The van der Waals surface area contributed by atoms with Gasteiger partial charge in [0.05, 0.1) is 4.92 Å². The second-order valence-electron chi connectivity index (χ2n) is 3.62. The Balaban J connectivity index is 3.08. The van der Waals surface area contributed by atoms with Gasteiger partial charge < -0.3 is 0 Å². The molecule has 1 rings (SSSR count). The average Bonchev–Trinajstić information content (AvgIpc) is 2.16. The van der Waals surface area contributed by atoms with Crippen molar-refractivity contribution in [3.8, 4) is 0 Å². The fourth-order valence-electron chi connectivity index (χ4n) is 1.36. The third-order valence-corrected chi connectivity index (χ3v) is 2.81. The Hall–Kier alpha value is -1.16. The van der Waals surface area contributed by atoms with Crippen LogP contribution in [0.15, 0.2) is 12.3 Å². The van der Waals surface area contributed by atoms with Crippen LogP contribution in [0.4, 0.5) is 5.69 Å². The van der Waals surface area contributed by atoms with E-state index in [9.17, 15) is 10.1 Å². The summed E-state index contributed by atoms with van der Waals surface area (Å²) >= 11 is 5.96. The first-order chi connectivity index (χ1) is 6.93. The maximum atomic E-state index is 10.5. The van der Waals surface area contributed by atoms with Crippen LogP contribution in [0.2, 0.25) is 0 Å². The zero-order valence-corrected chi connectivity index (χ0v) is 9.65. The molecule has 2 atom stereocenters. The highest BCUT2D eigenvalue weighted by Gasteiger charge is 2.17. The lowest BCUT2D eigenvalue weighted by atomic mass is 10.00. The molecule has 4 nitrogen and oxygen atoms in total. The summed E-state index contributed by atoms with van der Waals surface area (Å²) in [7, 11) is 0. The number of nitrogens with zero attached hydrogens (tertiary/aromatic N) is 2. The molecular weight excluding hydrogens is 216 g/mol. The smallest absolute Gasteiger partial charge is 0.258 e. The number of rotatable bonds is 3. The van der Waals surface area contributed by atoms with Gasteiger partial charge in [-0.2, -0.15) is 0 Å². The fraction of sp³-hybridized carbons (Fsp3) is 0.500. The minimum atomic E-state index is -0.446. The van der Waals surface area contributed by atoms with E-state index in [1.165, 1.54) is 12.3 Å². The minimum absolute atomic E-state index is 0.0191. The summed E-state index contributed by atoms with van der Waals surface area (Å²) in [6.45, 7) is 5.65. The molecule has 0 aliphatic heterocycles. The van der Waals surface area contributed by atoms with Crippen LogP contribution < -0.4 is 0 Å². The van der Waals surface area contributed by atoms with E-state index in [0.717, 1.165) is 11.3 Å². The van der Waals surface area contributed by atoms with E-state index >= 15 is 0 Å². The largest absolute Gasteiger partial charge is 0.287 e. The lowest BCUT2D eigenvalue weighted by molar-refractivity contribution is -0.385. The number of alkyl halides is 1. The second kappa shape index (κ2) is 4.57. The van der Waals surface area contributed by atoms with Crippen molar-refractivity contribution in [2.24, 2.45) is 0 Å². The van der Waals surface area contributed by atoms with E-state index in [4.69, 9.17) is 11.6 Å². The van der Waals surface area contributed by atoms with Crippen molar-refractivity contribution in [2.45, 2.75) is 32.1 Å². The summed E-state index contributed by atoms with van der Waals surface area (Å²) < 4.78 is 0. The van der Waals surface area contributed by atoms with Crippen LogP contribution >= 0.6 is 11.6 Å². The number of hydrogen-bond donors (Lipinski definition) is 0. The highest BCUT2D eigenvalue weighted by atomic mass is 35.5. The van der Waals surface area contributed by atoms with Gasteiger partial charge in [0.2, 0.25) is 0 Å². The molecule has 0 saturated heterocycles. The molecule has 0 spiro atoms. The van der Waals surface area contributed by atoms with Crippen molar-refractivity contribution in [1.29, 1.82) is 0 Å². The van der Waals surface area contributed by atoms with Crippen LogP contribution in [0.25, 0.3) is 0 Å². The summed E-state index contributed by atoms with van der Waals surface area (Å²) in [6.07, 6.45) is 1.28. The molecule has 0 aliphatic carbocycles. The SMILES string of the molecule is Cc1cc([N+](=O)[O-])cnc1C(C)C(C)Cl. The molecule has 0 aromatic carbocycles. The molecular formula is C10H13ClN2O2. The Labute approximate surface area is 93.4 Å². The number of nitro groups is 1. The topological polar surface area (TPSA) is 56.0 Å². The standard InChI is InChI=1S/C10H13ClN2O2/c1-6-4-9(13(14)15)5-12-10(6)7(2)8(3)11/h4-5,7-8H,1-3H3. The normalized spacial score (nSPS) is 14.7. The molecule has 0 saturated carbocycles. The lowest BCUT2D eigenvalue weighted by Crippen LogP contribution is -2.09. The van der Waals surface area contributed by atoms with Crippen molar-refractivity contribution in [2.75, 3.05) is 0 Å². The van der Waals surface area contributed by atoms with Crippen molar-refractivity contribution in [1.82, 2.24) is 4.98 Å². The number of pyridine rings is 1. The van der Waals surface area contributed by atoms with Crippen LogP contribution in [0.5, 0.6) is 0 Å². The van der Waals surface area contributed by atoms with Crippen molar-refractivity contribution >= 4 is 17.3 Å². The predicted octanol–water partition coefficient (Wildman–Crippen LogP) is 3.03. The van der Waals surface area contributed by atoms with Crippen LogP contribution in [0.1, 0.15) is 31.0 Å². The molecule has 5 heteroatoms. The predicted molar refractivity (Wildman–Crippen MR) is 59.4 cm³/mol. The molecule has 1 heterocycles. The van der Waals surface area contributed by atoms with Crippen molar-refractivity contribution in [3.63, 3.8) is 0 Å². The highest BCUT2D eigenvalue weighted by molar-refractivity contribution is 6.20. The summed E-state index contributed by atoms with van der Waals surface area (Å²) in [5.74, 6) is 0.0903. The van der Waals surface area contributed by atoms with Gasteiger partial charge in [0.25, 0.3) is 5.69 Å². The van der Waals surface area contributed by atoms with E-state index in [1.807, 2.05) is 20.8 Å². The number of halogens is 1. The Morgan fingerprint density at radius 1 is 1.53 bits per heavy atom. The number of aromatic nitrogens is 1. The van der Waals surface area contributed by atoms with Gasteiger partial charge in [-0.3, -0.25) is 15.1 Å². The van der Waals surface area contributed by atoms with Gasteiger partial charge in [0.1, 0.15) is 6.20 Å². The molecule has 1 aromatic heterocycles. The maximum Gasteiger partial charge on any atom is 0.287 e. The summed E-state index contributed by atoms with van der Waals surface area (Å²) in [5.41, 5.74) is 1.65. The van der Waals surface area contributed by atoms with Crippen LogP contribution in [-0.4, -0.2) is 15.3 Å². The summed E-state index contributed by atoms with van der Waals surface area (Å²) in [4.78, 5) is 14.2. The van der Waals surface area contributed by atoms with Gasteiger partial charge in [0.15, 0.2) is 0 Å². The van der Waals surface area contributed by atoms with Crippen LogP contribution in [-0.2, 0) is 0 Å². The molecule has 1 aromatic rings. The van der Waals surface area contributed by atoms with Crippen LogP contribution in [0.3, 0.4) is 0 Å². The molecule has 82 valence electrons. The second-order valence-corrected chi connectivity index (χ2v) is 4.31. The van der Waals surface area contributed by atoms with Gasteiger partial charge in [-0.05, 0) is 19.4 Å². The highest BCUT2D eigenvalue weighted by Crippen LogP contribution is 2.25. The minimum Gasteiger partial charge on any atom is -0.258 e. The zero-order chi connectivity index (χ0) is 11.6. The first-order valence-corrected chi connectivity index (χ1v) is 5.12. The maximum absolute atomic E-state index is 10.5. The molecule has 2 unspecified atom stereocenters. The molecule has 0 aliphatic rings. The van der Waals surface area contributed by atoms with Gasteiger partial charge >= 0.3 is 0 Å². The van der Waals surface area contributed by atoms with E-state index in [0.29, 0.717) is 0 Å². The Morgan fingerprint density at radius 3 is 2.53 bits per heavy atom. The molecule has 0 amide bonds. The van der Waals surface area contributed by atoms with E-state index in [2.05, 4.69) is 4.98 Å². The molecule has 0 fully saturated rings. The van der Waals surface area contributed by atoms with Gasteiger partial charge in [-0.15, -0.1) is 11.6 Å². The van der Waals surface area contributed by atoms with Crippen molar-refractivity contribution in [3.05, 3.63) is 33.6 Å². The molecule has 15 heavy (non-hydrogen) atoms.